The minimum Gasteiger partial charge on any atom is -0.323 e. The fourth-order valence-corrected chi connectivity index (χ4v) is 4.82. The minimum absolute atomic E-state index is 0.269. The van der Waals surface area contributed by atoms with Crippen LogP contribution in [0.1, 0.15) is 42.9 Å². The number of nitrogens with two attached hydrogens (primary N) is 1. The molecule has 2 heterocycles. The highest BCUT2D eigenvalue weighted by Crippen LogP contribution is 2.56. The van der Waals surface area contributed by atoms with Gasteiger partial charge >= 0.3 is 0 Å². The van der Waals surface area contributed by atoms with Crippen molar-refractivity contribution in [2.75, 3.05) is 7.05 Å². The van der Waals surface area contributed by atoms with Crippen molar-refractivity contribution in [2.24, 2.45) is 11.1 Å². The van der Waals surface area contributed by atoms with Gasteiger partial charge in [-0.15, -0.1) is 0 Å². The summed E-state index contributed by atoms with van der Waals surface area (Å²) in [6.07, 6.45) is 6.58. The molecule has 2 fully saturated rings. The molecule has 1 unspecified atom stereocenters. The topological polar surface area (TPSA) is 29.3 Å². The van der Waals surface area contributed by atoms with Crippen LogP contribution in [-0.4, -0.2) is 24.0 Å². The van der Waals surface area contributed by atoms with Crippen LogP contribution in [-0.2, 0) is 6.42 Å². The van der Waals surface area contributed by atoms with Crippen LogP contribution in [0.3, 0.4) is 0 Å². The second kappa shape index (κ2) is 3.58. The van der Waals surface area contributed by atoms with Crippen LogP contribution >= 0.6 is 0 Å². The Hall–Kier alpha value is -0.860. The van der Waals surface area contributed by atoms with Gasteiger partial charge in [0.05, 0.1) is 0 Å². The molecule has 0 amide bonds. The third-order valence-corrected chi connectivity index (χ3v) is 5.86. The monoisotopic (exact) mass is 242 g/mol. The van der Waals surface area contributed by atoms with E-state index < -0.39 is 0 Å². The molecule has 18 heavy (non-hydrogen) atoms. The lowest BCUT2D eigenvalue weighted by atomic mass is 9.70. The average Bonchev–Trinajstić information content (AvgIpc) is 2.75. The Bertz CT molecular complexity index is 468. The lowest BCUT2D eigenvalue weighted by Gasteiger charge is -2.45. The van der Waals surface area contributed by atoms with Gasteiger partial charge in [-0.05, 0) is 55.7 Å². The number of nitrogens with zero attached hydrogens (tertiary/aromatic N) is 1. The van der Waals surface area contributed by atoms with Gasteiger partial charge in [-0.2, -0.15) is 0 Å². The summed E-state index contributed by atoms with van der Waals surface area (Å²) in [4.78, 5) is 2.61. The Balaban J connectivity index is 1.72. The van der Waals surface area contributed by atoms with Crippen LogP contribution in [0.25, 0.3) is 0 Å². The second-order valence-corrected chi connectivity index (χ2v) is 6.67. The van der Waals surface area contributed by atoms with E-state index >= 15 is 0 Å². The molecule has 4 atom stereocenters. The molecule has 0 radical (unpaired) electrons. The molecule has 1 aromatic carbocycles. The van der Waals surface area contributed by atoms with E-state index in [9.17, 15) is 0 Å². The number of fused-ring (bicyclic) bond motifs is 3. The molecule has 2 N–H and O–H groups in total. The summed E-state index contributed by atoms with van der Waals surface area (Å²) in [6.45, 7) is 0. The molecule has 1 aliphatic carbocycles. The van der Waals surface area contributed by atoms with Gasteiger partial charge in [0.25, 0.3) is 0 Å². The Kier molecular flexibility index (Phi) is 2.19. The second-order valence-electron chi connectivity index (χ2n) is 6.67. The summed E-state index contributed by atoms with van der Waals surface area (Å²) in [7, 11) is 2.31. The van der Waals surface area contributed by atoms with E-state index in [1.54, 1.807) is 0 Å². The average molecular weight is 242 g/mol. The highest BCUT2D eigenvalue weighted by atomic mass is 15.2. The van der Waals surface area contributed by atoms with Crippen molar-refractivity contribution >= 4 is 0 Å². The summed E-state index contributed by atoms with van der Waals surface area (Å²) in [6, 6.07) is 10.7. The summed E-state index contributed by atoms with van der Waals surface area (Å²) in [5.74, 6) is 0. The van der Waals surface area contributed by atoms with E-state index in [0.717, 1.165) is 12.1 Å². The molecule has 2 saturated heterocycles. The molecular weight excluding hydrogens is 220 g/mol. The van der Waals surface area contributed by atoms with Gasteiger partial charge in [0, 0.05) is 18.1 Å². The van der Waals surface area contributed by atoms with Gasteiger partial charge in [0.1, 0.15) is 0 Å². The van der Waals surface area contributed by atoms with Gasteiger partial charge < -0.3 is 10.6 Å². The first-order valence-corrected chi connectivity index (χ1v) is 7.25. The zero-order valence-corrected chi connectivity index (χ0v) is 11.1. The van der Waals surface area contributed by atoms with Crippen molar-refractivity contribution in [2.45, 2.75) is 50.2 Å². The molecular formula is C16H22N2. The molecule has 3 aliphatic rings. The third kappa shape index (κ3) is 1.31. The fourth-order valence-electron chi connectivity index (χ4n) is 4.82. The summed E-state index contributed by atoms with van der Waals surface area (Å²) >= 11 is 0. The van der Waals surface area contributed by atoms with Gasteiger partial charge in [0.2, 0.25) is 0 Å². The number of benzene rings is 1. The standard InChI is InChI=1S/C16H22N2/c1-18-12-6-7-13(18)10-16(9-12)8-11-4-2-3-5-14(11)15(16)17/h2-5,12-13,15H,6-10,17H2,1H3/t12-,13+,15-,16?/m1/s1. The fraction of sp³-hybridized carbons (Fsp3) is 0.625. The first-order valence-electron chi connectivity index (χ1n) is 7.25. The highest BCUT2D eigenvalue weighted by Gasteiger charge is 2.52. The summed E-state index contributed by atoms with van der Waals surface area (Å²) in [5, 5.41) is 0. The Morgan fingerprint density at radius 3 is 2.50 bits per heavy atom. The van der Waals surface area contributed by atoms with Crippen molar-refractivity contribution in [1.82, 2.24) is 4.90 Å². The van der Waals surface area contributed by atoms with Gasteiger partial charge in [-0.25, -0.2) is 0 Å². The van der Waals surface area contributed by atoms with Crippen molar-refractivity contribution in [3.8, 4) is 0 Å². The Morgan fingerprint density at radius 1 is 1.17 bits per heavy atom. The maximum atomic E-state index is 6.64. The van der Waals surface area contributed by atoms with E-state index in [1.165, 1.54) is 43.2 Å². The molecule has 2 heteroatoms. The van der Waals surface area contributed by atoms with E-state index in [2.05, 4.69) is 36.2 Å². The molecule has 2 aliphatic heterocycles. The smallest absolute Gasteiger partial charge is 0.0359 e. The first-order chi connectivity index (χ1) is 8.70. The lowest BCUT2D eigenvalue weighted by Crippen LogP contribution is -2.48. The maximum Gasteiger partial charge on any atom is 0.0359 e. The van der Waals surface area contributed by atoms with E-state index in [-0.39, 0.29) is 6.04 Å². The number of rotatable bonds is 0. The van der Waals surface area contributed by atoms with Crippen LogP contribution in [0.15, 0.2) is 24.3 Å². The van der Waals surface area contributed by atoms with E-state index in [1.807, 2.05) is 0 Å². The molecule has 96 valence electrons. The number of piperidine rings is 1. The summed E-state index contributed by atoms with van der Waals surface area (Å²) in [5.41, 5.74) is 9.92. The molecule has 0 aromatic heterocycles. The zero-order chi connectivity index (χ0) is 12.3. The largest absolute Gasteiger partial charge is 0.323 e. The van der Waals surface area contributed by atoms with Gasteiger partial charge in [0.15, 0.2) is 0 Å². The molecule has 4 rings (SSSR count). The predicted molar refractivity (Wildman–Crippen MR) is 73.3 cm³/mol. The van der Waals surface area contributed by atoms with Crippen LogP contribution in [0, 0.1) is 5.41 Å². The first kappa shape index (κ1) is 11.0. The Labute approximate surface area is 109 Å². The normalized spacial score (nSPS) is 42.4. The quantitative estimate of drug-likeness (QED) is 0.757. The summed E-state index contributed by atoms with van der Waals surface area (Å²) < 4.78 is 0. The molecule has 1 aromatic rings. The highest BCUT2D eigenvalue weighted by molar-refractivity contribution is 5.38. The van der Waals surface area contributed by atoms with E-state index in [0.29, 0.717) is 5.41 Å². The van der Waals surface area contributed by atoms with Crippen LogP contribution in [0.2, 0.25) is 0 Å². The van der Waals surface area contributed by atoms with Crippen LogP contribution in [0.5, 0.6) is 0 Å². The molecule has 1 spiro atoms. The Morgan fingerprint density at radius 2 is 1.83 bits per heavy atom. The molecule has 2 bridgehead atoms. The van der Waals surface area contributed by atoms with E-state index in [4.69, 9.17) is 5.73 Å². The maximum absolute atomic E-state index is 6.64. The predicted octanol–water partition coefficient (Wildman–Crippen LogP) is 2.49. The molecule has 0 saturated carbocycles. The molecule has 2 nitrogen and oxygen atoms in total. The lowest BCUT2D eigenvalue weighted by molar-refractivity contribution is 0.0486. The van der Waals surface area contributed by atoms with Gasteiger partial charge in [-0.3, -0.25) is 0 Å². The van der Waals surface area contributed by atoms with Crippen molar-refractivity contribution in [3.05, 3.63) is 35.4 Å². The van der Waals surface area contributed by atoms with Crippen molar-refractivity contribution < 1.29 is 0 Å². The zero-order valence-electron chi connectivity index (χ0n) is 11.1. The van der Waals surface area contributed by atoms with Gasteiger partial charge in [-0.1, -0.05) is 24.3 Å². The number of hydrogen-bond acceptors (Lipinski definition) is 2. The van der Waals surface area contributed by atoms with Crippen molar-refractivity contribution in [3.63, 3.8) is 0 Å². The third-order valence-electron chi connectivity index (χ3n) is 5.86. The van der Waals surface area contributed by atoms with Crippen LogP contribution < -0.4 is 5.73 Å². The number of hydrogen-bond donors (Lipinski definition) is 1. The minimum atomic E-state index is 0.269. The van der Waals surface area contributed by atoms with Crippen LogP contribution in [0.4, 0.5) is 0 Å². The SMILES string of the molecule is CN1[C@@H]2CC[C@H]1CC1(Cc3ccccc3[C@H]1N)C2. The van der Waals surface area contributed by atoms with Crippen molar-refractivity contribution in [1.29, 1.82) is 0 Å².